The van der Waals surface area contributed by atoms with Crippen molar-refractivity contribution < 1.29 is 14.6 Å². The van der Waals surface area contributed by atoms with Gasteiger partial charge in [0.25, 0.3) is 0 Å². The lowest BCUT2D eigenvalue weighted by molar-refractivity contribution is -0.170. The first kappa shape index (κ1) is 10.8. The van der Waals surface area contributed by atoms with Crippen molar-refractivity contribution in [2.75, 3.05) is 0 Å². The van der Waals surface area contributed by atoms with Crippen LogP contribution in [-0.2, 0) is 9.53 Å². The van der Waals surface area contributed by atoms with E-state index < -0.39 is 11.5 Å². The van der Waals surface area contributed by atoms with Gasteiger partial charge < -0.3 is 9.84 Å². The quantitative estimate of drug-likeness (QED) is 0.699. The minimum absolute atomic E-state index is 0.0837. The number of rotatable bonds is 2. The molecule has 1 N–H and O–H groups in total. The molecule has 5 atom stereocenters. The van der Waals surface area contributed by atoms with E-state index in [9.17, 15) is 9.90 Å². The molecule has 2 rings (SSSR count). The fraction of sp³-hybridized carbons (Fsp3) is 0.750. The summed E-state index contributed by atoms with van der Waals surface area (Å²) in [6.07, 6.45) is 3.49. The molecule has 15 heavy (non-hydrogen) atoms. The minimum atomic E-state index is -0.766. The van der Waals surface area contributed by atoms with Gasteiger partial charge in [-0.1, -0.05) is 26.0 Å². The average molecular weight is 210 g/mol. The fourth-order valence-electron chi connectivity index (χ4n) is 2.65. The van der Waals surface area contributed by atoms with E-state index in [1.54, 1.807) is 0 Å². The van der Waals surface area contributed by atoms with Crippen molar-refractivity contribution in [1.82, 2.24) is 0 Å². The summed E-state index contributed by atoms with van der Waals surface area (Å²) in [7, 11) is 0. The highest BCUT2D eigenvalue weighted by molar-refractivity contribution is 5.90. The molecule has 0 radical (unpaired) electrons. The summed E-state index contributed by atoms with van der Waals surface area (Å²) in [5, 5.41) is 10.0. The Morgan fingerprint density at radius 1 is 1.60 bits per heavy atom. The molecule has 0 amide bonds. The number of aliphatic hydroxyl groups is 1. The summed E-state index contributed by atoms with van der Waals surface area (Å²) >= 11 is 0. The van der Waals surface area contributed by atoms with E-state index >= 15 is 0 Å². The van der Waals surface area contributed by atoms with Gasteiger partial charge in [-0.3, -0.25) is 4.79 Å². The van der Waals surface area contributed by atoms with Crippen molar-refractivity contribution in [3.63, 3.8) is 0 Å². The monoisotopic (exact) mass is 210 g/mol. The van der Waals surface area contributed by atoms with Crippen LogP contribution in [0.15, 0.2) is 12.2 Å². The predicted molar refractivity (Wildman–Crippen MR) is 56.4 cm³/mol. The SMILES string of the molecule is CC[C@H](O)[C@@]1(C)C(=O)[C@@H](C)[C@H]2C=C[C@@H]1O2. The molecular formula is C12H18O3. The summed E-state index contributed by atoms with van der Waals surface area (Å²) in [4.78, 5) is 12.2. The first-order chi connectivity index (χ1) is 7.01. The number of carbonyl (C=O) groups excluding carboxylic acids is 1. The molecule has 84 valence electrons. The number of ketones is 1. The highest BCUT2D eigenvalue weighted by Crippen LogP contribution is 2.44. The van der Waals surface area contributed by atoms with Crippen molar-refractivity contribution in [3.05, 3.63) is 12.2 Å². The molecule has 0 saturated carbocycles. The van der Waals surface area contributed by atoms with Gasteiger partial charge in [-0.2, -0.15) is 0 Å². The fourth-order valence-corrected chi connectivity index (χ4v) is 2.65. The Hall–Kier alpha value is -0.670. The second-order valence-corrected chi connectivity index (χ2v) is 4.77. The lowest BCUT2D eigenvalue weighted by Crippen LogP contribution is -2.56. The Balaban J connectivity index is 2.37. The molecule has 1 saturated heterocycles. The van der Waals surface area contributed by atoms with Gasteiger partial charge in [0.15, 0.2) is 0 Å². The van der Waals surface area contributed by atoms with E-state index in [1.165, 1.54) is 0 Å². The second-order valence-electron chi connectivity index (χ2n) is 4.77. The molecule has 2 aliphatic rings. The summed E-state index contributed by atoms with van der Waals surface area (Å²) in [6, 6.07) is 0. The van der Waals surface area contributed by atoms with Crippen LogP contribution in [0.2, 0.25) is 0 Å². The molecule has 0 aromatic carbocycles. The van der Waals surface area contributed by atoms with Gasteiger partial charge in [-0.15, -0.1) is 0 Å². The number of hydrogen-bond acceptors (Lipinski definition) is 3. The number of aliphatic hydroxyl groups excluding tert-OH is 1. The smallest absolute Gasteiger partial charge is 0.150 e. The lowest BCUT2D eigenvalue weighted by Gasteiger charge is -2.43. The van der Waals surface area contributed by atoms with Gasteiger partial charge in [0.1, 0.15) is 5.78 Å². The Kier molecular flexibility index (Phi) is 2.47. The summed E-state index contributed by atoms with van der Waals surface area (Å²) in [5.74, 6) is -0.0192. The van der Waals surface area contributed by atoms with E-state index in [0.717, 1.165) is 0 Å². The number of carbonyl (C=O) groups is 1. The topological polar surface area (TPSA) is 46.5 Å². The molecule has 3 heteroatoms. The maximum atomic E-state index is 12.2. The first-order valence-electron chi connectivity index (χ1n) is 5.58. The molecule has 1 fully saturated rings. The van der Waals surface area contributed by atoms with E-state index in [1.807, 2.05) is 32.9 Å². The largest absolute Gasteiger partial charge is 0.392 e. The first-order valence-corrected chi connectivity index (χ1v) is 5.58. The van der Waals surface area contributed by atoms with Crippen LogP contribution >= 0.6 is 0 Å². The average Bonchev–Trinajstić information content (AvgIpc) is 2.70. The van der Waals surface area contributed by atoms with Gasteiger partial charge in [-0.25, -0.2) is 0 Å². The van der Waals surface area contributed by atoms with Gasteiger partial charge in [0, 0.05) is 5.92 Å². The summed E-state index contributed by atoms with van der Waals surface area (Å²) in [6.45, 7) is 5.58. The van der Waals surface area contributed by atoms with Crippen molar-refractivity contribution >= 4 is 5.78 Å². The van der Waals surface area contributed by atoms with Crippen molar-refractivity contribution in [2.45, 2.75) is 45.5 Å². The number of fused-ring (bicyclic) bond motifs is 2. The van der Waals surface area contributed by atoms with Crippen molar-refractivity contribution in [3.8, 4) is 0 Å². The van der Waals surface area contributed by atoms with Crippen LogP contribution in [0.4, 0.5) is 0 Å². The van der Waals surface area contributed by atoms with Gasteiger partial charge in [0.2, 0.25) is 0 Å². The van der Waals surface area contributed by atoms with Crippen LogP contribution < -0.4 is 0 Å². The predicted octanol–water partition coefficient (Wildman–Crippen LogP) is 1.31. The zero-order valence-corrected chi connectivity index (χ0v) is 9.43. The summed E-state index contributed by atoms with van der Waals surface area (Å²) < 4.78 is 5.73. The van der Waals surface area contributed by atoms with Gasteiger partial charge in [-0.05, 0) is 13.3 Å². The standard InChI is InChI=1S/C12H18O3/c1-4-9(13)12(3)10-6-5-8(15-10)7(2)11(12)14/h5-10,13H,4H2,1-3H3/t7-,8+,9-,10-,12+/m0/s1. The highest BCUT2D eigenvalue weighted by Gasteiger charge is 2.55. The molecule has 2 aliphatic heterocycles. The van der Waals surface area contributed by atoms with Crippen molar-refractivity contribution in [2.24, 2.45) is 11.3 Å². The van der Waals surface area contributed by atoms with Crippen LogP contribution in [0.1, 0.15) is 27.2 Å². The molecule has 0 aromatic heterocycles. The second kappa shape index (κ2) is 3.42. The Morgan fingerprint density at radius 2 is 2.27 bits per heavy atom. The van der Waals surface area contributed by atoms with Crippen molar-refractivity contribution in [1.29, 1.82) is 0 Å². The molecular weight excluding hydrogens is 192 g/mol. The highest BCUT2D eigenvalue weighted by atomic mass is 16.5. The maximum absolute atomic E-state index is 12.2. The van der Waals surface area contributed by atoms with Crippen LogP contribution in [0.25, 0.3) is 0 Å². The van der Waals surface area contributed by atoms with Crippen LogP contribution in [0, 0.1) is 11.3 Å². The van der Waals surface area contributed by atoms with E-state index in [4.69, 9.17) is 4.74 Å². The van der Waals surface area contributed by atoms with Crippen LogP contribution in [-0.4, -0.2) is 29.2 Å². The third kappa shape index (κ3) is 1.30. The summed E-state index contributed by atoms with van der Waals surface area (Å²) in [5.41, 5.74) is -0.766. The third-order valence-corrected chi connectivity index (χ3v) is 3.89. The Bertz CT molecular complexity index is 310. The molecule has 0 aromatic rings. The molecule has 0 unspecified atom stereocenters. The molecule has 2 heterocycles. The Morgan fingerprint density at radius 3 is 2.87 bits per heavy atom. The number of ether oxygens (including phenoxy) is 1. The normalized spacial score (nSPS) is 45.9. The maximum Gasteiger partial charge on any atom is 0.150 e. The minimum Gasteiger partial charge on any atom is -0.392 e. The molecule has 3 nitrogen and oxygen atoms in total. The molecule has 2 bridgehead atoms. The van der Waals surface area contributed by atoms with E-state index in [-0.39, 0.29) is 23.9 Å². The van der Waals surface area contributed by atoms with Gasteiger partial charge >= 0.3 is 0 Å². The lowest BCUT2D eigenvalue weighted by atomic mass is 9.69. The van der Waals surface area contributed by atoms with E-state index in [0.29, 0.717) is 6.42 Å². The van der Waals surface area contributed by atoms with Gasteiger partial charge in [0.05, 0.1) is 23.7 Å². The zero-order chi connectivity index (χ0) is 11.2. The Labute approximate surface area is 90.1 Å². The third-order valence-electron chi connectivity index (χ3n) is 3.89. The number of Topliss-reactive ketones (excluding diaryl/α,β-unsaturated/α-hetero) is 1. The molecule has 0 aliphatic carbocycles. The number of hydrogen-bond donors (Lipinski definition) is 1. The van der Waals surface area contributed by atoms with Crippen LogP contribution in [0.5, 0.6) is 0 Å². The molecule has 0 spiro atoms. The zero-order valence-electron chi connectivity index (χ0n) is 9.43. The van der Waals surface area contributed by atoms with E-state index in [2.05, 4.69) is 0 Å². The van der Waals surface area contributed by atoms with Crippen LogP contribution in [0.3, 0.4) is 0 Å².